The molecule has 1 saturated heterocycles. The fourth-order valence-electron chi connectivity index (χ4n) is 2.28. The monoisotopic (exact) mass is 248 g/mol. The van der Waals surface area contributed by atoms with Gasteiger partial charge in [0.1, 0.15) is 11.4 Å². The van der Waals surface area contributed by atoms with Crippen LogP contribution in [0.1, 0.15) is 18.5 Å². The van der Waals surface area contributed by atoms with Gasteiger partial charge in [0, 0.05) is 17.9 Å². The minimum Gasteiger partial charge on any atom is -0.495 e. The van der Waals surface area contributed by atoms with Crippen LogP contribution in [-0.2, 0) is 6.42 Å². The number of methoxy groups -OCH3 is 1. The van der Waals surface area contributed by atoms with Gasteiger partial charge in [-0.3, -0.25) is 0 Å². The summed E-state index contributed by atoms with van der Waals surface area (Å²) in [5.41, 5.74) is 2.20. The smallest absolute Gasteiger partial charge is 0.137 e. The van der Waals surface area contributed by atoms with Crippen LogP contribution in [0.25, 0.3) is 5.65 Å². The standard InChI is InChI=1S/C13H16N2OS/c1-16-11-4-5-13-14-10(8-15(13)9-11)7-12-3-2-6-17-12/h4-5,8-9,12H,2-3,6-7H2,1H3. The van der Waals surface area contributed by atoms with Crippen molar-refractivity contribution in [2.24, 2.45) is 0 Å². The van der Waals surface area contributed by atoms with E-state index >= 15 is 0 Å². The number of hydrogen-bond acceptors (Lipinski definition) is 3. The molecule has 3 rings (SSSR count). The van der Waals surface area contributed by atoms with Crippen LogP contribution in [0.4, 0.5) is 0 Å². The van der Waals surface area contributed by atoms with E-state index in [-0.39, 0.29) is 0 Å². The van der Waals surface area contributed by atoms with Crippen molar-refractivity contribution in [1.29, 1.82) is 0 Å². The number of fused-ring (bicyclic) bond motifs is 1. The van der Waals surface area contributed by atoms with E-state index in [1.807, 2.05) is 22.7 Å². The Hall–Kier alpha value is -1.16. The van der Waals surface area contributed by atoms with Crippen molar-refractivity contribution < 1.29 is 4.74 Å². The van der Waals surface area contributed by atoms with E-state index in [4.69, 9.17) is 4.74 Å². The van der Waals surface area contributed by atoms with E-state index in [9.17, 15) is 0 Å². The first kappa shape index (κ1) is 11.0. The number of pyridine rings is 1. The van der Waals surface area contributed by atoms with Crippen LogP contribution in [0.5, 0.6) is 5.75 Å². The van der Waals surface area contributed by atoms with Gasteiger partial charge < -0.3 is 9.14 Å². The Kier molecular flexibility index (Phi) is 2.97. The first-order valence-corrected chi connectivity index (χ1v) is 7.03. The zero-order valence-corrected chi connectivity index (χ0v) is 10.7. The van der Waals surface area contributed by atoms with Crippen molar-refractivity contribution in [3.8, 4) is 5.75 Å². The second-order valence-electron chi connectivity index (χ2n) is 4.41. The third kappa shape index (κ3) is 2.27. The van der Waals surface area contributed by atoms with Gasteiger partial charge in [0.05, 0.1) is 19.0 Å². The highest BCUT2D eigenvalue weighted by molar-refractivity contribution is 8.00. The predicted molar refractivity (Wildman–Crippen MR) is 70.9 cm³/mol. The lowest BCUT2D eigenvalue weighted by molar-refractivity contribution is 0.412. The van der Waals surface area contributed by atoms with E-state index in [2.05, 4.69) is 22.9 Å². The SMILES string of the molecule is COc1ccc2nc(CC3CCCS3)cn2c1. The molecule has 1 aliphatic rings. The molecule has 3 heterocycles. The van der Waals surface area contributed by atoms with Gasteiger partial charge in [0.25, 0.3) is 0 Å². The molecular weight excluding hydrogens is 232 g/mol. The second-order valence-corrected chi connectivity index (χ2v) is 5.81. The first-order chi connectivity index (χ1) is 8.35. The van der Waals surface area contributed by atoms with Crippen LogP contribution in [0.15, 0.2) is 24.5 Å². The number of nitrogens with zero attached hydrogens (tertiary/aromatic N) is 2. The van der Waals surface area contributed by atoms with Gasteiger partial charge in [-0.15, -0.1) is 0 Å². The Morgan fingerprint density at radius 2 is 2.41 bits per heavy atom. The molecule has 1 unspecified atom stereocenters. The van der Waals surface area contributed by atoms with Crippen molar-refractivity contribution >= 4 is 17.4 Å². The Labute approximate surface area is 105 Å². The molecule has 0 aliphatic carbocycles. The number of rotatable bonds is 3. The molecule has 0 amide bonds. The summed E-state index contributed by atoms with van der Waals surface area (Å²) in [5, 5.41) is 0.766. The van der Waals surface area contributed by atoms with Crippen molar-refractivity contribution in [3.05, 3.63) is 30.2 Å². The molecular formula is C13H16N2OS. The van der Waals surface area contributed by atoms with Crippen LogP contribution in [0, 0.1) is 0 Å². The Morgan fingerprint density at radius 3 is 3.18 bits per heavy atom. The maximum absolute atomic E-state index is 5.21. The lowest BCUT2D eigenvalue weighted by atomic mass is 10.2. The minimum absolute atomic E-state index is 0.766. The zero-order valence-electron chi connectivity index (χ0n) is 9.93. The predicted octanol–water partition coefficient (Wildman–Crippen LogP) is 2.78. The molecule has 4 heteroatoms. The van der Waals surface area contributed by atoms with Crippen LogP contribution in [0.3, 0.4) is 0 Å². The molecule has 0 radical (unpaired) electrons. The second kappa shape index (κ2) is 4.61. The quantitative estimate of drug-likeness (QED) is 0.835. The molecule has 3 nitrogen and oxygen atoms in total. The molecule has 2 aromatic rings. The summed E-state index contributed by atoms with van der Waals surface area (Å²) >= 11 is 2.08. The number of aromatic nitrogens is 2. The first-order valence-electron chi connectivity index (χ1n) is 5.98. The van der Waals surface area contributed by atoms with Crippen molar-refractivity contribution in [2.45, 2.75) is 24.5 Å². The largest absolute Gasteiger partial charge is 0.495 e. The van der Waals surface area contributed by atoms with Gasteiger partial charge in [-0.2, -0.15) is 11.8 Å². The molecule has 0 saturated carbocycles. The molecule has 1 fully saturated rings. The van der Waals surface area contributed by atoms with Gasteiger partial charge in [0.15, 0.2) is 0 Å². The topological polar surface area (TPSA) is 26.5 Å². The van der Waals surface area contributed by atoms with Crippen molar-refractivity contribution in [3.63, 3.8) is 0 Å². The van der Waals surface area contributed by atoms with Gasteiger partial charge in [-0.25, -0.2) is 4.98 Å². The fraction of sp³-hybridized carbons (Fsp3) is 0.462. The maximum Gasteiger partial charge on any atom is 0.137 e. The van der Waals surface area contributed by atoms with Gasteiger partial charge >= 0.3 is 0 Å². The summed E-state index contributed by atoms with van der Waals surface area (Å²) in [4.78, 5) is 4.65. The lowest BCUT2D eigenvalue weighted by Crippen LogP contribution is -2.01. The maximum atomic E-state index is 5.21. The summed E-state index contributed by atoms with van der Waals surface area (Å²) in [5.74, 6) is 2.18. The van der Waals surface area contributed by atoms with Crippen LogP contribution >= 0.6 is 11.8 Å². The summed E-state index contributed by atoms with van der Waals surface area (Å²) in [6.07, 6.45) is 7.89. The number of imidazole rings is 1. The van der Waals surface area contributed by atoms with Gasteiger partial charge in [-0.1, -0.05) is 0 Å². The number of thioether (sulfide) groups is 1. The highest BCUT2D eigenvalue weighted by Gasteiger charge is 2.17. The molecule has 1 aliphatic heterocycles. The molecule has 0 aromatic carbocycles. The third-order valence-corrected chi connectivity index (χ3v) is 4.57. The highest BCUT2D eigenvalue weighted by Crippen LogP contribution is 2.28. The van der Waals surface area contributed by atoms with E-state index < -0.39 is 0 Å². The molecule has 1 atom stereocenters. The lowest BCUT2D eigenvalue weighted by Gasteiger charge is -2.03. The number of ether oxygens (including phenoxy) is 1. The van der Waals surface area contributed by atoms with E-state index in [0.717, 1.165) is 23.1 Å². The van der Waals surface area contributed by atoms with E-state index in [1.54, 1.807) is 7.11 Å². The molecule has 17 heavy (non-hydrogen) atoms. The minimum atomic E-state index is 0.766. The highest BCUT2D eigenvalue weighted by atomic mass is 32.2. The molecule has 0 spiro atoms. The van der Waals surface area contributed by atoms with Gasteiger partial charge in [-0.05, 0) is 30.7 Å². The molecule has 2 aromatic heterocycles. The normalized spacial score (nSPS) is 19.9. The summed E-state index contributed by atoms with van der Waals surface area (Å²) in [6, 6.07) is 3.96. The summed E-state index contributed by atoms with van der Waals surface area (Å²) in [7, 11) is 1.69. The molecule has 0 bridgehead atoms. The van der Waals surface area contributed by atoms with E-state index in [1.165, 1.54) is 24.3 Å². The summed E-state index contributed by atoms with van der Waals surface area (Å²) < 4.78 is 7.26. The van der Waals surface area contributed by atoms with Crippen LogP contribution in [-0.4, -0.2) is 27.5 Å². The average molecular weight is 248 g/mol. The Morgan fingerprint density at radius 1 is 1.47 bits per heavy atom. The molecule has 90 valence electrons. The van der Waals surface area contributed by atoms with Crippen LogP contribution < -0.4 is 4.74 Å². The third-order valence-electron chi connectivity index (χ3n) is 3.17. The van der Waals surface area contributed by atoms with Crippen LogP contribution in [0.2, 0.25) is 0 Å². The number of hydrogen-bond donors (Lipinski definition) is 0. The van der Waals surface area contributed by atoms with Crippen molar-refractivity contribution in [1.82, 2.24) is 9.38 Å². The molecule has 0 N–H and O–H groups in total. The zero-order chi connectivity index (χ0) is 11.7. The van der Waals surface area contributed by atoms with E-state index in [0.29, 0.717) is 0 Å². The average Bonchev–Trinajstić information content (AvgIpc) is 2.96. The fourth-order valence-corrected chi connectivity index (χ4v) is 3.57. The van der Waals surface area contributed by atoms with Crippen molar-refractivity contribution in [2.75, 3.05) is 12.9 Å². The summed E-state index contributed by atoms with van der Waals surface area (Å²) in [6.45, 7) is 0. The van der Waals surface area contributed by atoms with Gasteiger partial charge in [0.2, 0.25) is 0 Å². The Balaban J connectivity index is 1.85. The Bertz CT molecular complexity index is 517.